The van der Waals surface area contributed by atoms with E-state index in [2.05, 4.69) is 48.1 Å². The van der Waals surface area contributed by atoms with Gasteiger partial charge in [-0.3, -0.25) is 4.40 Å². The van der Waals surface area contributed by atoms with Crippen LogP contribution < -0.4 is 4.90 Å². The zero-order valence-electron chi connectivity index (χ0n) is 18.8. The van der Waals surface area contributed by atoms with Crippen molar-refractivity contribution < 1.29 is 4.39 Å². The van der Waals surface area contributed by atoms with Gasteiger partial charge >= 0.3 is 0 Å². The predicted octanol–water partition coefficient (Wildman–Crippen LogP) is 6.80. The molecule has 3 aromatic carbocycles. The summed E-state index contributed by atoms with van der Waals surface area (Å²) in [7, 11) is 1.80. The lowest BCUT2D eigenvalue weighted by Crippen LogP contribution is -2.15. The Morgan fingerprint density at radius 3 is 2.48 bits per heavy atom. The third kappa shape index (κ3) is 3.70. The lowest BCUT2D eigenvalue weighted by molar-refractivity contribution is 0.590. The van der Waals surface area contributed by atoms with E-state index in [1.54, 1.807) is 40.9 Å². The summed E-state index contributed by atoms with van der Waals surface area (Å²) >= 11 is 6.24. The highest BCUT2D eigenvalue weighted by molar-refractivity contribution is 6.31. The number of halogens is 2. The van der Waals surface area contributed by atoms with Crippen LogP contribution in [0.2, 0.25) is 5.02 Å². The fourth-order valence-electron chi connectivity index (χ4n) is 4.04. The smallest absolute Gasteiger partial charge is 0.257 e. The maximum Gasteiger partial charge on any atom is 0.257 e. The second-order valence-corrected chi connectivity index (χ2v) is 9.56. The van der Waals surface area contributed by atoms with Crippen molar-refractivity contribution in [3.05, 3.63) is 83.4 Å². The largest absolute Gasteiger partial charge is 0.326 e. The monoisotopic (exact) mass is 459 g/mol. The predicted molar refractivity (Wildman–Crippen MR) is 132 cm³/mol. The molecular weight excluding hydrogens is 437 g/mol. The minimum Gasteiger partial charge on any atom is -0.326 e. The maximum atomic E-state index is 15.8. The van der Waals surface area contributed by atoms with Gasteiger partial charge < -0.3 is 4.90 Å². The first-order valence-corrected chi connectivity index (χ1v) is 11.0. The molecule has 0 aliphatic heterocycles. The quantitative estimate of drug-likeness (QED) is 0.297. The van der Waals surface area contributed by atoms with Crippen LogP contribution in [-0.4, -0.2) is 26.6 Å². The first-order chi connectivity index (χ1) is 15.7. The number of fused-ring (bicyclic) bond motifs is 3. The van der Waals surface area contributed by atoms with Crippen LogP contribution >= 0.6 is 11.6 Å². The highest BCUT2D eigenvalue weighted by Crippen LogP contribution is 2.36. The Kier molecular flexibility index (Phi) is 5.05. The summed E-state index contributed by atoms with van der Waals surface area (Å²) < 4.78 is 17.6. The lowest BCUT2D eigenvalue weighted by Gasteiger charge is -2.22. The van der Waals surface area contributed by atoms with Crippen molar-refractivity contribution in [3.8, 4) is 11.1 Å². The molecular formula is C26H23ClFN5. The molecule has 0 amide bonds. The average Bonchev–Trinajstić information content (AvgIpc) is 3.27. The molecule has 0 atom stereocenters. The number of anilines is 2. The molecule has 5 aromatic rings. The van der Waals surface area contributed by atoms with Crippen LogP contribution in [0.3, 0.4) is 0 Å². The van der Waals surface area contributed by atoms with E-state index in [9.17, 15) is 0 Å². The molecule has 33 heavy (non-hydrogen) atoms. The molecule has 0 aliphatic carbocycles. The zero-order chi connectivity index (χ0) is 23.3. The van der Waals surface area contributed by atoms with Gasteiger partial charge in [-0.25, -0.2) is 4.39 Å². The number of hydrogen-bond donors (Lipinski definition) is 0. The van der Waals surface area contributed by atoms with E-state index in [0.29, 0.717) is 27.9 Å². The van der Waals surface area contributed by atoms with Crippen molar-refractivity contribution in [2.75, 3.05) is 11.9 Å². The molecule has 0 radical (unpaired) electrons. The van der Waals surface area contributed by atoms with E-state index in [1.165, 1.54) is 5.56 Å². The number of hydrogen-bond acceptors (Lipinski definition) is 4. The fourth-order valence-corrected chi connectivity index (χ4v) is 4.21. The Hall–Kier alpha value is -3.51. The van der Waals surface area contributed by atoms with Crippen LogP contribution in [0, 0.1) is 5.82 Å². The van der Waals surface area contributed by atoms with Gasteiger partial charge in [0.15, 0.2) is 5.82 Å². The van der Waals surface area contributed by atoms with Crippen molar-refractivity contribution in [2.45, 2.75) is 26.2 Å². The third-order valence-electron chi connectivity index (χ3n) is 5.92. The average molecular weight is 460 g/mol. The van der Waals surface area contributed by atoms with Crippen LogP contribution in [0.5, 0.6) is 0 Å². The number of aromatic nitrogens is 4. The van der Waals surface area contributed by atoms with Gasteiger partial charge in [0.05, 0.1) is 11.2 Å². The van der Waals surface area contributed by atoms with Crippen LogP contribution in [0.4, 0.5) is 15.9 Å². The van der Waals surface area contributed by atoms with E-state index in [0.717, 1.165) is 16.5 Å². The molecule has 7 heteroatoms. The topological polar surface area (TPSA) is 46.3 Å². The van der Waals surface area contributed by atoms with Crippen molar-refractivity contribution in [1.29, 1.82) is 0 Å². The van der Waals surface area contributed by atoms with E-state index >= 15 is 4.39 Å². The third-order valence-corrected chi connectivity index (χ3v) is 6.15. The summed E-state index contributed by atoms with van der Waals surface area (Å²) in [5.41, 5.74) is 3.82. The van der Waals surface area contributed by atoms with Gasteiger partial charge in [0, 0.05) is 23.0 Å². The Balaban J connectivity index is 1.63. The molecule has 166 valence electrons. The second-order valence-electron chi connectivity index (χ2n) is 9.12. The SMILES string of the molecule is CN(c1cccc(-c2ccc(C(C)(C)C)cc2)c1F)c1nc2nncn2c2cc(Cl)ccc12. The molecule has 0 bridgehead atoms. The highest BCUT2D eigenvalue weighted by atomic mass is 35.5. The highest BCUT2D eigenvalue weighted by Gasteiger charge is 2.20. The van der Waals surface area contributed by atoms with Gasteiger partial charge in [0.1, 0.15) is 12.1 Å². The Labute approximate surface area is 196 Å². The van der Waals surface area contributed by atoms with Crippen LogP contribution in [-0.2, 0) is 5.41 Å². The molecule has 5 rings (SSSR count). The van der Waals surface area contributed by atoms with Gasteiger partial charge in [-0.1, -0.05) is 68.8 Å². The van der Waals surface area contributed by atoms with Gasteiger partial charge in [0.25, 0.3) is 5.78 Å². The van der Waals surface area contributed by atoms with Crippen LogP contribution in [0.1, 0.15) is 26.3 Å². The lowest BCUT2D eigenvalue weighted by atomic mass is 9.86. The number of nitrogens with zero attached hydrogens (tertiary/aromatic N) is 5. The van der Waals surface area contributed by atoms with Crippen LogP contribution in [0.15, 0.2) is 67.0 Å². The maximum absolute atomic E-state index is 15.8. The van der Waals surface area contributed by atoms with Gasteiger partial charge in [-0.05, 0) is 40.8 Å². The molecule has 5 nitrogen and oxygen atoms in total. The fraction of sp³-hybridized carbons (Fsp3) is 0.192. The van der Waals surface area contributed by atoms with E-state index in [-0.39, 0.29) is 11.2 Å². The van der Waals surface area contributed by atoms with E-state index < -0.39 is 0 Å². The van der Waals surface area contributed by atoms with E-state index in [1.807, 2.05) is 30.3 Å². The molecule has 0 spiro atoms. The number of rotatable bonds is 3. The second kappa shape index (κ2) is 7.81. The summed E-state index contributed by atoms with van der Waals surface area (Å²) in [6.45, 7) is 6.48. The van der Waals surface area contributed by atoms with Crippen molar-refractivity contribution in [3.63, 3.8) is 0 Å². The number of benzene rings is 3. The van der Waals surface area contributed by atoms with Gasteiger partial charge in [0.2, 0.25) is 0 Å². The molecule has 0 saturated heterocycles. The van der Waals surface area contributed by atoms with Crippen molar-refractivity contribution in [1.82, 2.24) is 19.6 Å². The summed E-state index contributed by atoms with van der Waals surface area (Å²) in [6, 6.07) is 19.0. The minimum absolute atomic E-state index is 0.0368. The minimum atomic E-state index is -0.311. The zero-order valence-corrected chi connectivity index (χ0v) is 19.6. The Morgan fingerprint density at radius 2 is 1.76 bits per heavy atom. The van der Waals surface area contributed by atoms with Crippen molar-refractivity contribution in [2.24, 2.45) is 0 Å². The first-order valence-electron chi connectivity index (χ1n) is 10.7. The van der Waals surface area contributed by atoms with Gasteiger partial charge in [-0.15, -0.1) is 10.2 Å². The first kappa shape index (κ1) is 21.3. The molecule has 0 N–H and O–H groups in total. The van der Waals surface area contributed by atoms with Crippen LogP contribution in [0.25, 0.3) is 27.8 Å². The Bertz CT molecular complexity index is 1490. The Morgan fingerprint density at radius 1 is 1.00 bits per heavy atom. The molecule has 0 fully saturated rings. The summed E-state index contributed by atoms with van der Waals surface area (Å²) in [4.78, 5) is 6.40. The van der Waals surface area contributed by atoms with E-state index in [4.69, 9.17) is 11.6 Å². The molecule has 2 heterocycles. The standard InChI is InChI=1S/C26H23ClFN5/c1-26(2,3)17-10-8-16(9-11-17)19-6-5-7-21(23(19)28)32(4)24-20-13-12-18(27)14-22(20)33-15-29-31-25(33)30-24/h5-15H,1-4H3. The summed E-state index contributed by atoms with van der Waals surface area (Å²) in [5.74, 6) is 0.677. The molecule has 0 unspecified atom stereocenters. The van der Waals surface area contributed by atoms with Crippen molar-refractivity contribution >= 4 is 39.8 Å². The summed E-state index contributed by atoms with van der Waals surface area (Å²) in [6.07, 6.45) is 1.59. The normalized spacial score (nSPS) is 11.9. The van der Waals surface area contributed by atoms with Gasteiger partial charge in [-0.2, -0.15) is 4.98 Å². The molecule has 0 aliphatic rings. The summed E-state index contributed by atoms with van der Waals surface area (Å²) in [5, 5.41) is 9.45. The molecule has 2 aromatic heterocycles. The molecule has 0 saturated carbocycles.